The van der Waals surface area contributed by atoms with E-state index in [1.807, 2.05) is 0 Å². The van der Waals surface area contributed by atoms with Crippen LogP contribution in [0.15, 0.2) is 36.9 Å². The third kappa shape index (κ3) is 3.60. The van der Waals surface area contributed by atoms with E-state index in [0.29, 0.717) is 18.2 Å². The summed E-state index contributed by atoms with van der Waals surface area (Å²) in [6.07, 6.45) is 5.21. The Morgan fingerprint density at radius 1 is 1.45 bits per heavy atom. The highest BCUT2D eigenvalue weighted by molar-refractivity contribution is 5.89. The Morgan fingerprint density at radius 3 is 3.14 bits per heavy atom. The minimum atomic E-state index is -0.361. The number of carbonyl (C=O) groups is 1. The number of benzene rings is 1. The molecule has 22 heavy (non-hydrogen) atoms. The van der Waals surface area contributed by atoms with Crippen LogP contribution >= 0.6 is 0 Å². The van der Waals surface area contributed by atoms with Crippen LogP contribution in [0, 0.1) is 11.7 Å². The maximum absolute atomic E-state index is 13.2. The average Bonchev–Trinajstić information content (AvgIpc) is 3.00. The van der Waals surface area contributed by atoms with Gasteiger partial charge in [-0.1, -0.05) is 6.07 Å². The first-order chi connectivity index (χ1) is 10.7. The van der Waals surface area contributed by atoms with Gasteiger partial charge < -0.3 is 10.2 Å². The lowest BCUT2D eigenvalue weighted by Gasteiger charge is -2.32. The quantitative estimate of drug-likeness (QED) is 0.947. The second kappa shape index (κ2) is 6.55. The van der Waals surface area contributed by atoms with Crippen LogP contribution in [0.4, 0.5) is 14.9 Å². The molecule has 0 radical (unpaired) electrons. The van der Waals surface area contributed by atoms with Gasteiger partial charge in [-0.25, -0.2) is 14.2 Å². The first-order valence-corrected chi connectivity index (χ1v) is 7.34. The lowest BCUT2D eigenvalue weighted by molar-refractivity contribution is 0.168. The highest BCUT2D eigenvalue weighted by Crippen LogP contribution is 2.19. The normalized spacial score (nSPS) is 18.2. The third-order valence-corrected chi connectivity index (χ3v) is 3.79. The highest BCUT2D eigenvalue weighted by Gasteiger charge is 2.24. The fourth-order valence-electron chi connectivity index (χ4n) is 2.76. The molecule has 0 aliphatic carbocycles. The molecular weight excluding hydrogens is 285 g/mol. The third-order valence-electron chi connectivity index (χ3n) is 3.79. The van der Waals surface area contributed by atoms with E-state index >= 15 is 0 Å². The van der Waals surface area contributed by atoms with Crippen LogP contribution in [0.3, 0.4) is 0 Å². The molecule has 0 spiro atoms. The minimum absolute atomic E-state index is 0.186. The second-order valence-electron chi connectivity index (χ2n) is 5.51. The molecule has 2 amide bonds. The van der Waals surface area contributed by atoms with Crippen molar-refractivity contribution < 1.29 is 9.18 Å². The maximum atomic E-state index is 13.2. The van der Waals surface area contributed by atoms with Gasteiger partial charge in [0.2, 0.25) is 0 Å². The zero-order valence-corrected chi connectivity index (χ0v) is 12.2. The molecule has 116 valence electrons. The van der Waals surface area contributed by atoms with E-state index in [1.54, 1.807) is 28.0 Å². The summed E-state index contributed by atoms with van der Waals surface area (Å²) in [5, 5.41) is 6.85. The molecule has 3 rings (SSSR count). The molecule has 1 fully saturated rings. The number of hydrogen-bond acceptors (Lipinski definition) is 3. The van der Waals surface area contributed by atoms with E-state index in [-0.39, 0.29) is 11.8 Å². The Morgan fingerprint density at radius 2 is 2.36 bits per heavy atom. The molecule has 0 saturated carbocycles. The van der Waals surface area contributed by atoms with Crippen molar-refractivity contribution in [3.63, 3.8) is 0 Å². The monoisotopic (exact) mass is 303 g/mol. The summed E-state index contributed by atoms with van der Waals surface area (Å²) in [6, 6.07) is 5.74. The number of halogens is 1. The molecular formula is C15H18FN5O. The SMILES string of the molecule is O=C(Nc1cccc(F)c1)N1CCC[C@H](Cn2cncn2)C1. The van der Waals surface area contributed by atoms with Crippen molar-refractivity contribution in [1.82, 2.24) is 19.7 Å². The lowest BCUT2D eigenvalue weighted by atomic mass is 9.98. The number of likely N-dealkylation sites (tertiary alicyclic amines) is 1. The molecule has 2 aromatic rings. The van der Waals surface area contributed by atoms with Gasteiger partial charge in [-0.15, -0.1) is 0 Å². The summed E-state index contributed by atoms with van der Waals surface area (Å²) in [7, 11) is 0. The van der Waals surface area contributed by atoms with Gasteiger partial charge in [0.15, 0.2) is 0 Å². The molecule has 1 aliphatic heterocycles. The maximum Gasteiger partial charge on any atom is 0.321 e. The Balaban J connectivity index is 1.58. The van der Waals surface area contributed by atoms with Gasteiger partial charge in [-0.3, -0.25) is 4.68 Å². The van der Waals surface area contributed by atoms with Gasteiger partial charge >= 0.3 is 6.03 Å². The number of rotatable bonds is 3. The fraction of sp³-hybridized carbons (Fsp3) is 0.400. The highest BCUT2D eigenvalue weighted by atomic mass is 19.1. The number of hydrogen-bond donors (Lipinski definition) is 1. The number of anilines is 1. The van der Waals surface area contributed by atoms with Crippen molar-refractivity contribution in [2.75, 3.05) is 18.4 Å². The Hall–Kier alpha value is -2.44. The standard InChI is InChI=1S/C15H18FN5O/c16-13-4-1-5-14(7-13)19-15(22)20-6-2-3-12(8-20)9-21-11-17-10-18-21/h1,4-5,7,10-12H,2-3,6,8-9H2,(H,19,22)/t12-/m0/s1. The Bertz CT molecular complexity index is 631. The molecule has 6 nitrogen and oxygen atoms in total. The van der Waals surface area contributed by atoms with Crippen LogP contribution in [-0.2, 0) is 6.54 Å². The number of aromatic nitrogens is 3. The van der Waals surface area contributed by atoms with E-state index in [2.05, 4.69) is 15.4 Å². The summed E-state index contributed by atoms with van der Waals surface area (Å²) >= 11 is 0. The molecule has 0 bridgehead atoms. The molecule has 2 heterocycles. The van der Waals surface area contributed by atoms with Gasteiger partial charge in [0.05, 0.1) is 0 Å². The molecule has 1 atom stereocenters. The topological polar surface area (TPSA) is 63.1 Å². The summed E-state index contributed by atoms with van der Waals surface area (Å²) in [5.74, 6) is -0.00536. The molecule has 1 aromatic heterocycles. The van der Waals surface area contributed by atoms with Crippen LogP contribution in [0.1, 0.15) is 12.8 Å². The number of carbonyl (C=O) groups excluding carboxylic acids is 1. The zero-order chi connectivity index (χ0) is 15.4. The molecule has 0 unspecified atom stereocenters. The Labute approximate surface area is 128 Å². The Kier molecular flexibility index (Phi) is 4.32. The largest absolute Gasteiger partial charge is 0.324 e. The number of nitrogens with one attached hydrogen (secondary N) is 1. The predicted molar refractivity (Wildman–Crippen MR) is 79.7 cm³/mol. The fourth-order valence-corrected chi connectivity index (χ4v) is 2.76. The first-order valence-electron chi connectivity index (χ1n) is 7.34. The average molecular weight is 303 g/mol. The van der Waals surface area contributed by atoms with Crippen LogP contribution < -0.4 is 5.32 Å². The van der Waals surface area contributed by atoms with E-state index in [0.717, 1.165) is 25.9 Å². The van der Waals surface area contributed by atoms with Gasteiger partial charge in [0.1, 0.15) is 18.5 Å². The number of amides is 2. The molecule has 1 saturated heterocycles. The number of nitrogens with zero attached hydrogens (tertiary/aromatic N) is 4. The zero-order valence-electron chi connectivity index (χ0n) is 12.2. The van der Waals surface area contributed by atoms with Crippen molar-refractivity contribution in [2.45, 2.75) is 19.4 Å². The first kappa shape index (κ1) is 14.5. The minimum Gasteiger partial charge on any atom is -0.324 e. The summed E-state index contributed by atoms with van der Waals surface area (Å²) in [6.45, 7) is 2.14. The molecule has 1 aliphatic rings. The van der Waals surface area contributed by atoms with Gasteiger partial charge in [-0.05, 0) is 37.0 Å². The molecule has 1 aromatic carbocycles. The van der Waals surface area contributed by atoms with Crippen LogP contribution in [0.2, 0.25) is 0 Å². The van der Waals surface area contributed by atoms with E-state index in [1.165, 1.54) is 18.5 Å². The predicted octanol–water partition coefficient (Wildman–Crippen LogP) is 2.36. The lowest BCUT2D eigenvalue weighted by Crippen LogP contribution is -2.43. The summed E-state index contributed by atoms with van der Waals surface area (Å²) < 4.78 is 14.9. The summed E-state index contributed by atoms with van der Waals surface area (Å²) in [5.41, 5.74) is 0.475. The van der Waals surface area contributed by atoms with Crippen molar-refractivity contribution in [3.05, 3.63) is 42.7 Å². The van der Waals surface area contributed by atoms with Crippen molar-refractivity contribution in [2.24, 2.45) is 5.92 Å². The smallest absolute Gasteiger partial charge is 0.321 e. The van der Waals surface area contributed by atoms with E-state index in [4.69, 9.17) is 0 Å². The van der Waals surface area contributed by atoms with E-state index in [9.17, 15) is 9.18 Å². The van der Waals surface area contributed by atoms with Gasteiger partial charge in [0.25, 0.3) is 0 Å². The van der Waals surface area contributed by atoms with Crippen LogP contribution in [0.5, 0.6) is 0 Å². The van der Waals surface area contributed by atoms with Gasteiger partial charge in [0, 0.05) is 25.3 Å². The second-order valence-corrected chi connectivity index (χ2v) is 5.51. The van der Waals surface area contributed by atoms with Crippen molar-refractivity contribution >= 4 is 11.7 Å². The van der Waals surface area contributed by atoms with Crippen LogP contribution in [0.25, 0.3) is 0 Å². The van der Waals surface area contributed by atoms with E-state index < -0.39 is 0 Å². The van der Waals surface area contributed by atoms with Crippen LogP contribution in [-0.4, -0.2) is 38.8 Å². The van der Waals surface area contributed by atoms with Crippen molar-refractivity contribution in [3.8, 4) is 0 Å². The number of urea groups is 1. The summed E-state index contributed by atoms with van der Waals surface area (Å²) in [4.78, 5) is 18.0. The molecule has 1 N–H and O–H groups in total. The van der Waals surface area contributed by atoms with Gasteiger partial charge in [-0.2, -0.15) is 5.10 Å². The van der Waals surface area contributed by atoms with Crippen molar-refractivity contribution in [1.29, 1.82) is 0 Å². The molecule has 7 heteroatoms. The number of piperidine rings is 1.